The van der Waals surface area contributed by atoms with Crippen LogP contribution in [0.2, 0.25) is 0 Å². The molecular formula is C2HN3O4. The molecule has 7 nitrogen and oxygen atoms in total. The summed E-state index contributed by atoms with van der Waals surface area (Å²) in [7, 11) is 0. The highest BCUT2D eigenvalue weighted by atomic mass is 16.7. The topological polar surface area (TPSA) is 105 Å². The van der Waals surface area contributed by atoms with Crippen molar-refractivity contribution in [3.63, 3.8) is 0 Å². The molecule has 0 fully saturated rings. The van der Waals surface area contributed by atoms with Crippen molar-refractivity contribution in [3.05, 3.63) is 10.1 Å². The molecule has 0 saturated carbocycles. The van der Waals surface area contributed by atoms with Gasteiger partial charge in [-0.3, -0.25) is 0 Å². The van der Waals surface area contributed by atoms with Gasteiger partial charge >= 0.3 is 6.09 Å². The number of carbonyl (C=O) groups excluding carboxylic acids is 1. The minimum atomic E-state index is -1.40. The van der Waals surface area contributed by atoms with Crippen LogP contribution in [0.3, 0.4) is 0 Å². The molecule has 0 atom stereocenters. The molecule has 0 aliphatic carbocycles. The molecule has 0 saturated heterocycles. The van der Waals surface area contributed by atoms with Gasteiger partial charge in [-0.15, -0.1) is 5.26 Å². The zero-order chi connectivity index (χ0) is 7.28. The molecular weight excluding hydrogens is 130 g/mol. The van der Waals surface area contributed by atoms with Gasteiger partial charge in [0, 0.05) is 0 Å². The zero-order valence-corrected chi connectivity index (χ0v) is 4.03. The number of nitro groups is 1. The average molecular weight is 131 g/mol. The van der Waals surface area contributed by atoms with E-state index in [0.29, 0.717) is 0 Å². The lowest BCUT2D eigenvalue weighted by atomic mass is 11.2. The Balaban J connectivity index is 3.54. The van der Waals surface area contributed by atoms with Gasteiger partial charge in [-0.2, -0.15) is 0 Å². The van der Waals surface area contributed by atoms with Crippen molar-refractivity contribution < 1.29 is 14.6 Å². The first kappa shape index (κ1) is 7.16. The lowest BCUT2D eigenvalue weighted by Crippen LogP contribution is -2.28. The summed E-state index contributed by atoms with van der Waals surface area (Å²) < 4.78 is 3.47. The first-order chi connectivity index (χ1) is 4.16. The summed E-state index contributed by atoms with van der Waals surface area (Å²) in [6, 6.07) is 0. The van der Waals surface area contributed by atoms with E-state index < -0.39 is 11.1 Å². The monoisotopic (exact) mass is 131 g/mol. The smallest absolute Gasteiger partial charge is 0.330 e. The minimum absolute atomic E-state index is 0.956. The summed E-state index contributed by atoms with van der Waals surface area (Å²) in [5, 5.41) is 15.8. The van der Waals surface area contributed by atoms with Crippen molar-refractivity contribution in [1.29, 1.82) is 5.26 Å². The summed E-state index contributed by atoms with van der Waals surface area (Å²) >= 11 is 0. The maximum absolute atomic E-state index is 9.86. The number of hydrazine groups is 1. The van der Waals surface area contributed by atoms with E-state index in [1.165, 1.54) is 0 Å². The third kappa shape index (κ3) is 4.00. The van der Waals surface area contributed by atoms with Crippen molar-refractivity contribution in [2.45, 2.75) is 0 Å². The maximum Gasteiger partial charge on any atom is 0.481 e. The third-order valence-electron chi connectivity index (χ3n) is 0.321. The van der Waals surface area contributed by atoms with Crippen LogP contribution in [0, 0.1) is 21.6 Å². The van der Waals surface area contributed by atoms with Gasteiger partial charge < -0.3 is 4.74 Å². The zero-order valence-electron chi connectivity index (χ0n) is 4.03. The molecule has 0 aliphatic heterocycles. The van der Waals surface area contributed by atoms with E-state index in [-0.39, 0.29) is 0 Å². The predicted molar refractivity (Wildman–Crippen MR) is 22.2 cm³/mol. The Morgan fingerprint density at radius 2 is 2.44 bits per heavy atom. The van der Waals surface area contributed by atoms with Crippen molar-refractivity contribution in [2.75, 3.05) is 0 Å². The molecule has 0 bridgehead atoms. The fourth-order valence-electron chi connectivity index (χ4n) is 0.139. The quantitative estimate of drug-likeness (QED) is 0.290. The standard InChI is InChI=1S/C2HN3O4/c3-1-9-2(6)4-5(7)8/h(H,4,6). The second-order valence-electron chi connectivity index (χ2n) is 0.850. The van der Waals surface area contributed by atoms with Gasteiger partial charge in [-0.25, -0.2) is 14.9 Å². The van der Waals surface area contributed by atoms with Gasteiger partial charge in [0.2, 0.25) is 0 Å². The first-order valence-electron chi connectivity index (χ1n) is 1.67. The molecule has 1 N–H and O–H groups in total. The lowest BCUT2D eigenvalue weighted by Gasteiger charge is -1.86. The number of nitrogens with zero attached hydrogens (tertiary/aromatic N) is 2. The Morgan fingerprint density at radius 1 is 1.89 bits per heavy atom. The van der Waals surface area contributed by atoms with Gasteiger partial charge in [0.25, 0.3) is 6.26 Å². The summed E-state index contributed by atoms with van der Waals surface area (Å²) in [6.07, 6.45) is -0.444. The van der Waals surface area contributed by atoms with Crippen LogP contribution in [0.25, 0.3) is 0 Å². The van der Waals surface area contributed by atoms with Crippen LogP contribution in [0.4, 0.5) is 4.79 Å². The van der Waals surface area contributed by atoms with Crippen LogP contribution in [-0.2, 0) is 4.74 Å². The van der Waals surface area contributed by atoms with E-state index in [0.717, 1.165) is 11.7 Å². The number of hydrogen-bond acceptors (Lipinski definition) is 5. The van der Waals surface area contributed by atoms with E-state index in [1.807, 2.05) is 0 Å². The molecule has 0 aromatic rings. The van der Waals surface area contributed by atoms with Crippen LogP contribution in [0.15, 0.2) is 0 Å². The minimum Gasteiger partial charge on any atom is -0.330 e. The number of amides is 1. The van der Waals surface area contributed by atoms with Gasteiger partial charge in [-0.05, 0) is 5.43 Å². The average Bonchev–Trinajstić information content (AvgIpc) is 1.63. The Hall–Kier alpha value is -1.84. The Labute approximate surface area is 48.9 Å². The normalized spacial score (nSPS) is 7.00. The largest absolute Gasteiger partial charge is 0.481 e. The summed E-state index contributed by atoms with van der Waals surface area (Å²) in [5.41, 5.74) is 1.08. The van der Waals surface area contributed by atoms with Gasteiger partial charge in [0.15, 0.2) is 5.03 Å². The summed E-state index contributed by atoms with van der Waals surface area (Å²) in [5.74, 6) is 0. The number of ether oxygens (including phenoxy) is 1. The molecule has 0 radical (unpaired) electrons. The second kappa shape index (κ2) is 3.20. The lowest BCUT2D eigenvalue weighted by molar-refractivity contribution is -0.529. The van der Waals surface area contributed by atoms with Gasteiger partial charge in [-0.1, -0.05) is 0 Å². The van der Waals surface area contributed by atoms with Gasteiger partial charge in [0.05, 0.1) is 0 Å². The Morgan fingerprint density at radius 3 is 2.78 bits per heavy atom. The third-order valence-corrected chi connectivity index (χ3v) is 0.321. The van der Waals surface area contributed by atoms with E-state index >= 15 is 0 Å². The highest BCUT2D eigenvalue weighted by molar-refractivity contribution is 5.66. The van der Waals surface area contributed by atoms with Crippen LogP contribution < -0.4 is 5.43 Å². The van der Waals surface area contributed by atoms with E-state index in [1.54, 1.807) is 0 Å². The molecule has 0 heterocycles. The molecule has 0 rings (SSSR count). The SMILES string of the molecule is N#COC(=O)N[N+](=O)[O-]. The molecule has 48 valence electrons. The van der Waals surface area contributed by atoms with Crippen molar-refractivity contribution in [3.8, 4) is 6.26 Å². The number of carbonyl (C=O) groups is 1. The summed E-state index contributed by atoms with van der Waals surface area (Å²) in [4.78, 5) is 19.2. The highest BCUT2D eigenvalue weighted by Crippen LogP contribution is 1.70. The fourth-order valence-corrected chi connectivity index (χ4v) is 0.139. The van der Waals surface area contributed by atoms with Crippen LogP contribution in [-0.4, -0.2) is 11.1 Å². The van der Waals surface area contributed by atoms with E-state index in [9.17, 15) is 14.9 Å². The van der Waals surface area contributed by atoms with E-state index in [4.69, 9.17) is 5.26 Å². The van der Waals surface area contributed by atoms with Crippen LogP contribution in [0.1, 0.15) is 0 Å². The Kier molecular flexibility index (Phi) is 2.55. The molecule has 0 aromatic heterocycles. The molecule has 0 aliphatic rings. The second-order valence-corrected chi connectivity index (χ2v) is 0.850. The van der Waals surface area contributed by atoms with Gasteiger partial charge in [0.1, 0.15) is 0 Å². The van der Waals surface area contributed by atoms with Crippen LogP contribution >= 0.6 is 0 Å². The molecule has 0 unspecified atom stereocenters. The number of nitriles is 1. The maximum atomic E-state index is 9.86. The molecule has 1 amide bonds. The van der Waals surface area contributed by atoms with Crippen molar-refractivity contribution >= 4 is 6.09 Å². The van der Waals surface area contributed by atoms with Crippen LogP contribution in [0.5, 0.6) is 0 Å². The molecule has 0 aromatic carbocycles. The van der Waals surface area contributed by atoms with Crippen molar-refractivity contribution in [2.24, 2.45) is 0 Å². The predicted octanol–water partition coefficient (Wildman–Crippen LogP) is -0.615. The molecule has 0 spiro atoms. The highest BCUT2D eigenvalue weighted by Gasteiger charge is 2.06. The number of rotatable bonds is 1. The first-order valence-corrected chi connectivity index (χ1v) is 1.67. The molecule has 7 heteroatoms. The molecule has 9 heavy (non-hydrogen) atoms. The fraction of sp³-hybridized carbons (Fsp3) is 0. The number of nitrogens with one attached hydrogen (secondary N) is 1. The van der Waals surface area contributed by atoms with E-state index in [2.05, 4.69) is 4.74 Å². The Bertz CT molecular complexity index is 169. The summed E-state index contributed by atoms with van der Waals surface area (Å²) in [6.45, 7) is 0. The number of hydrogen-bond donors (Lipinski definition) is 1. The van der Waals surface area contributed by atoms with Crippen molar-refractivity contribution in [1.82, 2.24) is 5.43 Å².